The topological polar surface area (TPSA) is 29.5 Å². The lowest BCUT2D eigenvalue weighted by atomic mass is 10.1. The number of hydrogen-bond donors (Lipinski definition) is 0. The molecule has 1 rings (SSSR count). The SMILES string of the molecule is CCCCCCCCN(C)c1ccc(C(=O)OCCCC)cc1. The molecule has 0 fully saturated rings. The van der Waals surface area contributed by atoms with Crippen molar-refractivity contribution in [1.29, 1.82) is 0 Å². The molecular weight excluding hydrogens is 286 g/mol. The van der Waals surface area contributed by atoms with Gasteiger partial charge in [0.1, 0.15) is 0 Å². The Balaban J connectivity index is 2.32. The maximum atomic E-state index is 11.9. The molecule has 130 valence electrons. The van der Waals surface area contributed by atoms with Crippen LogP contribution in [0.5, 0.6) is 0 Å². The van der Waals surface area contributed by atoms with E-state index in [0.717, 1.165) is 25.1 Å². The summed E-state index contributed by atoms with van der Waals surface area (Å²) in [6.45, 7) is 5.90. The molecule has 0 N–H and O–H groups in total. The van der Waals surface area contributed by atoms with E-state index in [-0.39, 0.29) is 5.97 Å². The highest BCUT2D eigenvalue weighted by Crippen LogP contribution is 2.16. The second-order valence-electron chi connectivity index (χ2n) is 6.23. The second kappa shape index (κ2) is 12.0. The zero-order chi connectivity index (χ0) is 16.9. The standard InChI is InChI=1S/C20H33NO2/c1-4-6-8-9-10-11-16-21(3)19-14-12-18(13-15-19)20(22)23-17-7-5-2/h12-15H,4-11,16-17H2,1-3H3. The smallest absolute Gasteiger partial charge is 0.338 e. The van der Waals surface area contributed by atoms with Crippen molar-refractivity contribution in [1.82, 2.24) is 0 Å². The molecule has 0 aliphatic heterocycles. The van der Waals surface area contributed by atoms with E-state index in [2.05, 4.69) is 25.8 Å². The van der Waals surface area contributed by atoms with Gasteiger partial charge in [0, 0.05) is 19.3 Å². The van der Waals surface area contributed by atoms with E-state index >= 15 is 0 Å². The van der Waals surface area contributed by atoms with E-state index in [1.165, 1.54) is 38.5 Å². The molecule has 1 aromatic rings. The molecular formula is C20H33NO2. The number of ether oxygens (including phenoxy) is 1. The highest BCUT2D eigenvalue weighted by Gasteiger charge is 2.07. The van der Waals surface area contributed by atoms with Gasteiger partial charge >= 0.3 is 5.97 Å². The van der Waals surface area contributed by atoms with Crippen molar-refractivity contribution in [3.8, 4) is 0 Å². The zero-order valence-corrected chi connectivity index (χ0v) is 15.1. The van der Waals surface area contributed by atoms with Crippen LogP contribution in [-0.2, 0) is 4.74 Å². The Morgan fingerprint density at radius 3 is 2.17 bits per heavy atom. The van der Waals surface area contributed by atoms with Gasteiger partial charge in [-0.05, 0) is 37.1 Å². The highest BCUT2D eigenvalue weighted by molar-refractivity contribution is 5.89. The monoisotopic (exact) mass is 319 g/mol. The highest BCUT2D eigenvalue weighted by atomic mass is 16.5. The lowest BCUT2D eigenvalue weighted by Gasteiger charge is -2.19. The Morgan fingerprint density at radius 1 is 0.913 bits per heavy atom. The fourth-order valence-electron chi connectivity index (χ4n) is 2.50. The average molecular weight is 319 g/mol. The molecule has 3 nitrogen and oxygen atoms in total. The van der Waals surface area contributed by atoms with E-state index in [0.29, 0.717) is 12.2 Å². The normalized spacial score (nSPS) is 10.6. The molecule has 0 saturated carbocycles. The summed E-state index contributed by atoms with van der Waals surface area (Å²) in [7, 11) is 2.11. The van der Waals surface area contributed by atoms with Gasteiger partial charge in [0.15, 0.2) is 0 Å². The fourth-order valence-corrected chi connectivity index (χ4v) is 2.50. The fraction of sp³-hybridized carbons (Fsp3) is 0.650. The van der Waals surface area contributed by atoms with Crippen molar-refractivity contribution in [2.75, 3.05) is 25.1 Å². The molecule has 3 heteroatoms. The third-order valence-corrected chi connectivity index (χ3v) is 4.12. The maximum absolute atomic E-state index is 11.9. The molecule has 0 aliphatic rings. The van der Waals surface area contributed by atoms with Crippen LogP contribution in [0.2, 0.25) is 0 Å². The molecule has 0 saturated heterocycles. The number of esters is 1. The Bertz CT molecular complexity index is 428. The quantitative estimate of drug-likeness (QED) is 0.379. The molecule has 1 aromatic carbocycles. The number of hydrogen-bond acceptors (Lipinski definition) is 3. The Kier molecular flexibility index (Phi) is 10.2. The zero-order valence-electron chi connectivity index (χ0n) is 15.1. The van der Waals surface area contributed by atoms with Crippen LogP contribution < -0.4 is 4.90 Å². The Labute approximate surface area is 142 Å². The van der Waals surface area contributed by atoms with Crippen LogP contribution in [0.4, 0.5) is 5.69 Å². The summed E-state index contributed by atoms with van der Waals surface area (Å²) in [6.07, 6.45) is 9.82. The predicted molar refractivity (Wildman–Crippen MR) is 98.3 cm³/mol. The first-order valence-corrected chi connectivity index (χ1v) is 9.17. The summed E-state index contributed by atoms with van der Waals surface area (Å²) in [5, 5.41) is 0. The summed E-state index contributed by atoms with van der Waals surface area (Å²) in [6, 6.07) is 7.74. The average Bonchev–Trinajstić information content (AvgIpc) is 2.58. The minimum atomic E-state index is -0.219. The van der Waals surface area contributed by atoms with Crippen LogP contribution in [0.15, 0.2) is 24.3 Å². The summed E-state index contributed by atoms with van der Waals surface area (Å²) in [5.41, 5.74) is 1.79. The van der Waals surface area contributed by atoms with Gasteiger partial charge in [0.2, 0.25) is 0 Å². The summed E-state index contributed by atoms with van der Waals surface area (Å²) >= 11 is 0. The third-order valence-electron chi connectivity index (χ3n) is 4.12. The van der Waals surface area contributed by atoms with Crippen LogP contribution in [0.3, 0.4) is 0 Å². The number of carbonyl (C=O) groups is 1. The lowest BCUT2D eigenvalue weighted by Crippen LogP contribution is -2.18. The lowest BCUT2D eigenvalue weighted by molar-refractivity contribution is 0.0500. The Hall–Kier alpha value is -1.51. The Morgan fingerprint density at radius 2 is 1.52 bits per heavy atom. The first kappa shape index (κ1) is 19.5. The van der Waals surface area contributed by atoms with Crippen LogP contribution >= 0.6 is 0 Å². The molecule has 0 atom stereocenters. The maximum Gasteiger partial charge on any atom is 0.338 e. The van der Waals surface area contributed by atoms with E-state index in [1.807, 2.05) is 24.3 Å². The molecule has 0 bridgehead atoms. The molecule has 23 heavy (non-hydrogen) atoms. The largest absolute Gasteiger partial charge is 0.462 e. The van der Waals surface area contributed by atoms with Gasteiger partial charge in [0.25, 0.3) is 0 Å². The van der Waals surface area contributed by atoms with Gasteiger partial charge in [-0.25, -0.2) is 4.79 Å². The summed E-state index contributed by atoms with van der Waals surface area (Å²) in [4.78, 5) is 14.1. The van der Waals surface area contributed by atoms with Crippen LogP contribution in [0.1, 0.15) is 75.6 Å². The van der Waals surface area contributed by atoms with Crippen molar-refractivity contribution in [2.45, 2.75) is 65.2 Å². The number of anilines is 1. The molecule has 0 radical (unpaired) electrons. The van der Waals surface area contributed by atoms with E-state index in [9.17, 15) is 4.79 Å². The van der Waals surface area contributed by atoms with Crippen LogP contribution in [-0.4, -0.2) is 26.2 Å². The summed E-state index contributed by atoms with van der Waals surface area (Å²) < 4.78 is 5.23. The minimum absolute atomic E-state index is 0.219. The van der Waals surface area contributed by atoms with Gasteiger partial charge in [-0.3, -0.25) is 0 Å². The molecule has 0 unspecified atom stereocenters. The van der Waals surface area contributed by atoms with Gasteiger partial charge in [0.05, 0.1) is 12.2 Å². The molecule has 0 heterocycles. The third kappa shape index (κ3) is 8.06. The van der Waals surface area contributed by atoms with Gasteiger partial charge in [-0.15, -0.1) is 0 Å². The predicted octanol–water partition coefficient (Wildman–Crippen LogP) is 5.44. The van der Waals surface area contributed by atoms with E-state index in [1.54, 1.807) is 0 Å². The van der Waals surface area contributed by atoms with Gasteiger partial charge in [-0.1, -0.05) is 52.4 Å². The van der Waals surface area contributed by atoms with Gasteiger partial charge in [-0.2, -0.15) is 0 Å². The van der Waals surface area contributed by atoms with E-state index < -0.39 is 0 Å². The number of carbonyl (C=O) groups excluding carboxylic acids is 1. The minimum Gasteiger partial charge on any atom is -0.462 e. The number of nitrogens with zero attached hydrogens (tertiary/aromatic N) is 1. The summed E-state index contributed by atoms with van der Waals surface area (Å²) in [5.74, 6) is -0.219. The van der Waals surface area contributed by atoms with Crippen molar-refractivity contribution in [3.05, 3.63) is 29.8 Å². The van der Waals surface area contributed by atoms with Crippen LogP contribution in [0, 0.1) is 0 Å². The molecule has 0 amide bonds. The second-order valence-corrected chi connectivity index (χ2v) is 6.23. The number of rotatable bonds is 12. The molecule has 0 aromatic heterocycles. The first-order chi connectivity index (χ1) is 11.2. The van der Waals surface area contributed by atoms with E-state index in [4.69, 9.17) is 4.74 Å². The number of unbranched alkanes of at least 4 members (excludes halogenated alkanes) is 6. The van der Waals surface area contributed by atoms with Crippen molar-refractivity contribution < 1.29 is 9.53 Å². The number of benzene rings is 1. The van der Waals surface area contributed by atoms with Crippen LogP contribution in [0.25, 0.3) is 0 Å². The van der Waals surface area contributed by atoms with Crippen molar-refractivity contribution in [3.63, 3.8) is 0 Å². The first-order valence-electron chi connectivity index (χ1n) is 9.17. The van der Waals surface area contributed by atoms with Crippen molar-refractivity contribution in [2.24, 2.45) is 0 Å². The molecule has 0 spiro atoms. The molecule has 0 aliphatic carbocycles. The van der Waals surface area contributed by atoms with Crippen molar-refractivity contribution >= 4 is 11.7 Å². The van der Waals surface area contributed by atoms with Gasteiger partial charge < -0.3 is 9.64 Å².